The molecule has 0 unspecified atom stereocenters. The van der Waals surface area contributed by atoms with Crippen molar-refractivity contribution in [3.05, 3.63) is 23.8 Å². The van der Waals surface area contributed by atoms with Crippen LogP contribution in [0.25, 0.3) is 0 Å². The Kier molecular flexibility index (Phi) is 4.35. The topological polar surface area (TPSA) is 62.6 Å². The second-order valence-electron chi connectivity index (χ2n) is 3.39. The molecule has 5 nitrogen and oxygen atoms in total. The number of carbonyl (C=O) groups excluding carboxylic acids is 1. The standard InChI is InChI=1S/C12H14N2O3/c1-14(7-6-13)12(15)10-8-9(16-2)4-5-11(10)17-3/h4-5,8H,7H2,1-3H3. The highest BCUT2D eigenvalue weighted by atomic mass is 16.5. The lowest BCUT2D eigenvalue weighted by molar-refractivity contribution is 0.0808. The molecular formula is C12H14N2O3. The van der Waals surface area contributed by atoms with E-state index in [2.05, 4.69) is 0 Å². The van der Waals surface area contributed by atoms with Crippen LogP contribution in [-0.4, -0.2) is 38.6 Å². The molecule has 0 fully saturated rings. The van der Waals surface area contributed by atoms with Gasteiger partial charge in [0.1, 0.15) is 18.0 Å². The average molecular weight is 234 g/mol. The van der Waals surface area contributed by atoms with Gasteiger partial charge in [-0.25, -0.2) is 0 Å². The van der Waals surface area contributed by atoms with Crippen LogP contribution in [0.1, 0.15) is 10.4 Å². The van der Waals surface area contributed by atoms with E-state index >= 15 is 0 Å². The summed E-state index contributed by atoms with van der Waals surface area (Å²) in [5.41, 5.74) is 0.379. The third-order valence-corrected chi connectivity index (χ3v) is 2.29. The number of methoxy groups -OCH3 is 2. The number of rotatable bonds is 4. The molecule has 1 rings (SSSR count). The lowest BCUT2D eigenvalue weighted by Gasteiger charge is -2.16. The Morgan fingerprint density at radius 3 is 2.65 bits per heavy atom. The summed E-state index contributed by atoms with van der Waals surface area (Å²) in [5, 5.41) is 8.56. The maximum absolute atomic E-state index is 12.0. The van der Waals surface area contributed by atoms with Crippen LogP contribution in [0.2, 0.25) is 0 Å². The highest BCUT2D eigenvalue weighted by Crippen LogP contribution is 2.24. The minimum absolute atomic E-state index is 0.0270. The second kappa shape index (κ2) is 5.75. The Bertz CT molecular complexity index is 452. The molecule has 0 saturated heterocycles. The summed E-state index contributed by atoms with van der Waals surface area (Å²) in [6, 6.07) is 6.88. The van der Waals surface area contributed by atoms with E-state index in [0.29, 0.717) is 17.1 Å². The number of hydrogen-bond acceptors (Lipinski definition) is 4. The van der Waals surface area contributed by atoms with Crippen LogP contribution in [0, 0.1) is 11.3 Å². The van der Waals surface area contributed by atoms with Gasteiger partial charge in [0.25, 0.3) is 5.91 Å². The first-order chi connectivity index (χ1) is 8.13. The van der Waals surface area contributed by atoms with E-state index in [1.54, 1.807) is 25.2 Å². The number of hydrogen-bond donors (Lipinski definition) is 0. The zero-order chi connectivity index (χ0) is 12.8. The predicted molar refractivity (Wildman–Crippen MR) is 62.1 cm³/mol. The SMILES string of the molecule is COc1ccc(OC)c(C(=O)N(C)CC#N)c1. The molecule has 17 heavy (non-hydrogen) atoms. The van der Waals surface area contributed by atoms with Crippen molar-refractivity contribution in [1.82, 2.24) is 4.90 Å². The van der Waals surface area contributed by atoms with Crippen molar-refractivity contribution in [2.24, 2.45) is 0 Å². The molecule has 0 aromatic heterocycles. The van der Waals surface area contributed by atoms with Gasteiger partial charge < -0.3 is 14.4 Å². The van der Waals surface area contributed by atoms with Crippen molar-refractivity contribution in [2.75, 3.05) is 27.8 Å². The minimum atomic E-state index is -0.276. The first kappa shape index (κ1) is 12.8. The summed E-state index contributed by atoms with van der Waals surface area (Å²) >= 11 is 0. The smallest absolute Gasteiger partial charge is 0.258 e. The van der Waals surface area contributed by atoms with Crippen molar-refractivity contribution in [3.8, 4) is 17.6 Å². The molecule has 90 valence electrons. The molecule has 0 radical (unpaired) electrons. The summed E-state index contributed by atoms with van der Waals surface area (Å²) in [6.07, 6.45) is 0. The molecule has 0 aliphatic heterocycles. The summed E-state index contributed by atoms with van der Waals surface area (Å²) in [5.74, 6) is 0.752. The molecule has 0 aliphatic rings. The van der Waals surface area contributed by atoms with E-state index in [1.807, 2.05) is 6.07 Å². The highest BCUT2D eigenvalue weighted by molar-refractivity contribution is 5.97. The Balaban J connectivity index is 3.10. The van der Waals surface area contributed by atoms with Gasteiger partial charge in [0.15, 0.2) is 0 Å². The maximum Gasteiger partial charge on any atom is 0.258 e. The zero-order valence-corrected chi connectivity index (χ0v) is 10.1. The normalized spacial score (nSPS) is 9.29. The van der Waals surface area contributed by atoms with Gasteiger partial charge >= 0.3 is 0 Å². The fraction of sp³-hybridized carbons (Fsp3) is 0.333. The summed E-state index contributed by atoms with van der Waals surface area (Å²) < 4.78 is 10.2. The molecule has 0 bridgehead atoms. The largest absolute Gasteiger partial charge is 0.497 e. The van der Waals surface area contributed by atoms with Gasteiger partial charge in [0.2, 0.25) is 0 Å². The number of nitrogens with zero attached hydrogens (tertiary/aromatic N) is 2. The van der Waals surface area contributed by atoms with Crippen molar-refractivity contribution < 1.29 is 14.3 Å². The van der Waals surface area contributed by atoms with Gasteiger partial charge in [-0.1, -0.05) is 0 Å². The van der Waals surface area contributed by atoms with E-state index in [0.717, 1.165) is 0 Å². The van der Waals surface area contributed by atoms with E-state index in [1.165, 1.54) is 19.1 Å². The van der Waals surface area contributed by atoms with Crippen LogP contribution in [0.3, 0.4) is 0 Å². The maximum atomic E-state index is 12.0. The molecule has 0 N–H and O–H groups in total. The van der Waals surface area contributed by atoms with Crippen LogP contribution in [-0.2, 0) is 0 Å². The molecular weight excluding hydrogens is 220 g/mol. The number of ether oxygens (including phenoxy) is 2. The summed E-state index contributed by atoms with van der Waals surface area (Å²) in [7, 11) is 4.57. The van der Waals surface area contributed by atoms with E-state index in [9.17, 15) is 4.79 Å². The molecule has 1 aromatic carbocycles. The van der Waals surface area contributed by atoms with Crippen molar-refractivity contribution in [1.29, 1.82) is 5.26 Å². The Morgan fingerprint density at radius 1 is 1.41 bits per heavy atom. The van der Waals surface area contributed by atoms with E-state index in [4.69, 9.17) is 14.7 Å². The van der Waals surface area contributed by atoms with E-state index in [-0.39, 0.29) is 12.5 Å². The van der Waals surface area contributed by atoms with Crippen LogP contribution >= 0.6 is 0 Å². The first-order valence-electron chi connectivity index (χ1n) is 4.98. The first-order valence-corrected chi connectivity index (χ1v) is 4.98. The van der Waals surface area contributed by atoms with Crippen molar-refractivity contribution in [3.63, 3.8) is 0 Å². The van der Waals surface area contributed by atoms with E-state index < -0.39 is 0 Å². The minimum Gasteiger partial charge on any atom is -0.497 e. The zero-order valence-electron chi connectivity index (χ0n) is 10.1. The molecule has 1 aromatic rings. The molecule has 0 heterocycles. The van der Waals surface area contributed by atoms with Crippen molar-refractivity contribution >= 4 is 5.91 Å². The van der Waals surface area contributed by atoms with Gasteiger partial charge in [-0.15, -0.1) is 0 Å². The Hall–Kier alpha value is -2.22. The third-order valence-electron chi connectivity index (χ3n) is 2.29. The monoisotopic (exact) mass is 234 g/mol. The number of carbonyl (C=O) groups is 1. The molecule has 0 spiro atoms. The van der Waals surface area contributed by atoms with Crippen LogP contribution in [0.5, 0.6) is 11.5 Å². The average Bonchev–Trinajstić information content (AvgIpc) is 2.37. The Morgan fingerprint density at radius 2 is 2.12 bits per heavy atom. The van der Waals surface area contributed by atoms with Gasteiger partial charge in [-0.3, -0.25) is 4.79 Å². The summed E-state index contributed by atoms with van der Waals surface area (Å²) in [4.78, 5) is 13.3. The van der Waals surface area contributed by atoms with Crippen LogP contribution in [0.15, 0.2) is 18.2 Å². The molecule has 0 aliphatic carbocycles. The number of benzene rings is 1. The number of amides is 1. The quantitative estimate of drug-likeness (QED) is 0.737. The van der Waals surface area contributed by atoms with Crippen LogP contribution < -0.4 is 9.47 Å². The van der Waals surface area contributed by atoms with Crippen LogP contribution in [0.4, 0.5) is 0 Å². The highest BCUT2D eigenvalue weighted by Gasteiger charge is 2.17. The molecule has 0 atom stereocenters. The van der Waals surface area contributed by atoms with Gasteiger partial charge in [0, 0.05) is 7.05 Å². The molecule has 5 heteroatoms. The lowest BCUT2D eigenvalue weighted by atomic mass is 10.1. The fourth-order valence-electron chi connectivity index (χ4n) is 1.36. The fourth-order valence-corrected chi connectivity index (χ4v) is 1.36. The lowest BCUT2D eigenvalue weighted by Crippen LogP contribution is -2.27. The molecule has 1 amide bonds. The summed E-state index contributed by atoms with van der Waals surface area (Å²) in [6.45, 7) is 0.0270. The number of nitriles is 1. The molecule has 0 saturated carbocycles. The van der Waals surface area contributed by atoms with Crippen molar-refractivity contribution in [2.45, 2.75) is 0 Å². The second-order valence-corrected chi connectivity index (χ2v) is 3.39. The third kappa shape index (κ3) is 2.88. The predicted octanol–water partition coefficient (Wildman–Crippen LogP) is 1.30. The van der Waals surface area contributed by atoms with Gasteiger partial charge in [0.05, 0.1) is 25.9 Å². The van der Waals surface area contributed by atoms with Gasteiger partial charge in [-0.05, 0) is 18.2 Å². The van der Waals surface area contributed by atoms with Gasteiger partial charge in [-0.2, -0.15) is 5.26 Å². The Labute approximate surface area is 100 Å².